The molecule has 1 atom stereocenters. The van der Waals surface area contributed by atoms with Crippen LogP contribution >= 0.6 is 15.9 Å². The highest BCUT2D eigenvalue weighted by molar-refractivity contribution is 9.10. The molecule has 3 aromatic rings. The van der Waals surface area contributed by atoms with Gasteiger partial charge in [-0.15, -0.1) is 0 Å². The highest BCUT2D eigenvalue weighted by atomic mass is 79.9. The molecule has 0 unspecified atom stereocenters. The number of anilines is 1. The Morgan fingerprint density at radius 3 is 2.36 bits per heavy atom. The number of carbonyl (C=O) groups excluding carboxylic acids is 1. The summed E-state index contributed by atoms with van der Waals surface area (Å²) in [6.45, 7) is 6.97. The van der Waals surface area contributed by atoms with E-state index in [1.165, 1.54) is 5.56 Å². The average Bonchev–Trinajstić information content (AvgIpc) is 3.17. The number of rotatable bonds is 7. The first-order valence-corrected chi connectivity index (χ1v) is 12.2. The molecule has 0 radical (unpaired) electrons. The van der Waals surface area contributed by atoms with E-state index in [4.69, 9.17) is 4.74 Å². The van der Waals surface area contributed by atoms with E-state index >= 15 is 0 Å². The molecule has 4 rings (SSSR count). The SMILES string of the molecule is CCOc1ccc(/C=C2\C=C(c3ccccc3)N(c3ccc([C@H](C)CC)cc3)C2=O)cc1Br. The normalized spacial score (nSPS) is 15.6. The second kappa shape index (κ2) is 10.2. The molecular weight excluding hydrogens is 474 g/mol. The predicted octanol–water partition coefficient (Wildman–Crippen LogP) is 7.83. The maximum absolute atomic E-state index is 13.6. The number of nitrogens with zero attached hydrogens (tertiary/aromatic N) is 1. The molecule has 1 aliphatic heterocycles. The van der Waals surface area contributed by atoms with Crippen molar-refractivity contribution in [1.82, 2.24) is 0 Å². The minimum atomic E-state index is -0.0323. The number of benzene rings is 3. The van der Waals surface area contributed by atoms with Gasteiger partial charge in [-0.25, -0.2) is 0 Å². The Hall–Kier alpha value is -3.11. The second-order valence-electron chi connectivity index (χ2n) is 8.16. The van der Waals surface area contributed by atoms with Gasteiger partial charge in [-0.2, -0.15) is 0 Å². The van der Waals surface area contributed by atoms with Crippen molar-refractivity contribution in [2.24, 2.45) is 0 Å². The summed E-state index contributed by atoms with van der Waals surface area (Å²) in [6.07, 6.45) is 4.99. The van der Waals surface area contributed by atoms with Crippen LogP contribution in [0.1, 0.15) is 49.8 Å². The molecule has 3 nitrogen and oxygen atoms in total. The van der Waals surface area contributed by atoms with Crippen molar-refractivity contribution in [1.29, 1.82) is 0 Å². The van der Waals surface area contributed by atoms with Crippen LogP contribution < -0.4 is 9.64 Å². The van der Waals surface area contributed by atoms with Crippen LogP contribution in [0.4, 0.5) is 5.69 Å². The van der Waals surface area contributed by atoms with Crippen LogP contribution in [0, 0.1) is 0 Å². The largest absolute Gasteiger partial charge is 0.493 e. The zero-order valence-corrected chi connectivity index (χ0v) is 20.8. The molecule has 0 fully saturated rings. The lowest BCUT2D eigenvalue weighted by atomic mass is 9.98. The van der Waals surface area contributed by atoms with Crippen LogP contribution in [-0.4, -0.2) is 12.5 Å². The molecule has 0 aromatic heterocycles. The van der Waals surface area contributed by atoms with E-state index in [1.54, 1.807) is 0 Å². The smallest absolute Gasteiger partial charge is 0.262 e. The molecule has 0 saturated heterocycles. The van der Waals surface area contributed by atoms with Gasteiger partial charge in [0.25, 0.3) is 5.91 Å². The molecular formula is C29H28BrNO2. The number of hydrogen-bond acceptors (Lipinski definition) is 2. The molecule has 0 bridgehead atoms. The fourth-order valence-corrected chi connectivity index (χ4v) is 4.45. The summed E-state index contributed by atoms with van der Waals surface area (Å²) in [5, 5.41) is 0. The Kier molecular flexibility index (Phi) is 7.14. The van der Waals surface area contributed by atoms with Crippen molar-refractivity contribution >= 4 is 39.3 Å². The van der Waals surface area contributed by atoms with E-state index in [2.05, 4.69) is 41.9 Å². The van der Waals surface area contributed by atoms with Crippen LogP contribution in [0.15, 0.2) is 88.9 Å². The number of hydrogen-bond donors (Lipinski definition) is 0. The van der Waals surface area contributed by atoms with Gasteiger partial charge in [0.1, 0.15) is 5.75 Å². The van der Waals surface area contributed by atoms with Gasteiger partial charge in [0, 0.05) is 11.3 Å². The van der Waals surface area contributed by atoms with Gasteiger partial charge in [-0.1, -0.05) is 62.4 Å². The first-order chi connectivity index (χ1) is 16.0. The van der Waals surface area contributed by atoms with E-state index in [9.17, 15) is 4.79 Å². The molecule has 0 saturated carbocycles. The van der Waals surface area contributed by atoms with Gasteiger partial charge in [-0.3, -0.25) is 9.69 Å². The molecule has 0 N–H and O–H groups in total. The maximum Gasteiger partial charge on any atom is 0.262 e. The monoisotopic (exact) mass is 501 g/mol. The molecule has 33 heavy (non-hydrogen) atoms. The standard InChI is InChI=1S/C29H28BrNO2/c1-4-20(3)22-12-14-25(15-13-22)31-27(23-9-7-6-8-10-23)19-24(29(31)32)17-21-11-16-28(33-5-2)26(30)18-21/h6-20H,4-5H2,1-3H3/b24-17+/t20-/m1/s1. The summed E-state index contributed by atoms with van der Waals surface area (Å²) >= 11 is 3.57. The van der Waals surface area contributed by atoms with Crippen LogP contribution in [-0.2, 0) is 4.79 Å². The maximum atomic E-state index is 13.6. The van der Waals surface area contributed by atoms with Crippen LogP contribution in [0.25, 0.3) is 11.8 Å². The first kappa shape index (κ1) is 23.1. The van der Waals surface area contributed by atoms with Crippen molar-refractivity contribution in [2.75, 3.05) is 11.5 Å². The third-order valence-corrected chi connectivity index (χ3v) is 6.58. The third kappa shape index (κ3) is 4.96. The molecule has 168 valence electrons. The van der Waals surface area contributed by atoms with Gasteiger partial charge >= 0.3 is 0 Å². The van der Waals surface area contributed by atoms with Crippen molar-refractivity contribution in [3.8, 4) is 5.75 Å². The minimum Gasteiger partial charge on any atom is -0.493 e. The highest BCUT2D eigenvalue weighted by Gasteiger charge is 2.30. The Labute approximate surface area is 204 Å². The van der Waals surface area contributed by atoms with Crippen LogP contribution in [0.2, 0.25) is 0 Å². The third-order valence-electron chi connectivity index (χ3n) is 5.96. The second-order valence-corrected chi connectivity index (χ2v) is 9.01. The van der Waals surface area contributed by atoms with E-state index in [0.717, 1.165) is 39.2 Å². The van der Waals surface area contributed by atoms with Crippen LogP contribution in [0.3, 0.4) is 0 Å². The summed E-state index contributed by atoms with van der Waals surface area (Å²) < 4.78 is 6.48. The zero-order valence-electron chi connectivity index (χ0n) is 19.2. The predicted molar refractivity (Wildman–Crippen MR) is 140 cm³/mol. The van der Waals surface area contributed by atoms with Crippen LogP contribution in [0.5, 0.6) is 5.75 Å². The lowest BCUT2D eigenvalue weighted by Gasteiger charge is -2.21. The average molecular weight is 502 g/mol. The lowest BCUT2D eigenvalue weighted by Crippen LogP contribution is -2.25. The Morgan fingerprint density at radius 2 is 1.73 bits per heavy atom. The summed E-state index contributed by atoms with van der Waals surface area (Å²) in [4.78, 5) is 15.4. The first-order valence-electron chi connectivity index (χ1n) is 11.4. The number of amides is 1. The summed E-state index contributed by atoms with van der Waals surface area (Å²) in [6, 6.07) is 24.3. The van der Waals surface area contributed by atoms with E-state index in [1.807, 2.05) is 84.6 Å². The fraction of sp³-hybridized carbons (Fsp3) is 0.207. The fourth-order valence-electron chi connectivity index (χ4n) is 3.94. The van der Waals surface area contributed by atoms with E-state index < -0.39 is 0 Å². The van der Waals surface area contributed by atoms with Crippen molar-refractivity contribution in [3.63, 3.8) is 0 Å². The van der Waals surface area contributed by atoms with Gasteiger partial charge in [-0.05, 0) is 88.3 Å². The molecule has 1 heterocycles. The van der Waals surface area contributed by atoms with Gasteiger partial charge in [0.2, 0.25) is 0 Å². The van der Waals surface area contributed by atoms with E-state index in [-0.39, 0.29) is 5.91 Å². The Bertz CT molecular complexity index is 1200. The van der Waals surface area contributed by atoms with Crippen molar-refractivity contribution < 1.29 is 9.53 Å². The number of carbonyl (C=O) groups is 1. The van der Waals surface area contributed by atoms with E-state index in [0.29, 0.717) is 18.1 Å². The summed E-state index contributed by atoms with van der Waals surface area (Å²) in [5.41, 5.74) is 5.63. The molecule has 3 aromatic carbocycles. The quantitative estimate of drug-likeness (QED) is 0.308. The van der Waals surface area contributed by atoms with Crippen molar-refractivity contribution in [2.45, 2.75) is 33.1 Å². The van der Waals surface area contributed by atoms with Gasteiger partial charge < -0.3 is 4.74 Å². The Morgan fingerprint density at radius 1 is 1.00 bits per heavy atom. The lowest BCUT2D eigenvalue weighted by molar-refractivity contribution is -0.113. The highest BCUT2D eigenvalue weighted by Crippen LogP contribution is 2.36. The minimum absolute atomic E-state index is 0.0323. The van der Waals surface area contributed by atoms with Gasteiger partial charge in [0.15, 0.2) is 0 Å². The molecule has 1 amide bonds. The summed E-state index contributed by atoms with van der Waals surface area (Å²) in [5.74, 6) is 1.25. The number of ether oxygens (including phenoxy) is 1. The zero-order chi connectivity index (χ0) is 23.4. The molecule has 1 aliphatic rings. The molecule has 0 spiro atoms. The Balaban J connectivity index is 1.73. The molecule has 0 aliphatic carbocycles. The molecule has 4 heteroatoms. The summed E-state index contributed by atoms with van der Waals surface area (Å²) in [7, 11) is 0. The number of halogens is 1. The van der Waals surface area contributed by atoms with Gasteiger partial charge in [0.05, 0.1) is 16.8 Å². The topological polar surface area (TPSA) is 29.5 Å². The van der Waals surface area contributed by atoms with Crippen molar-refractivity contribution in [3.05, 3.63) is 106 Å².